The molecule has 7 heteroatoms. The van der Waals surface area contributed by atoms with E-state index in [1.807, 2.05) is 14.0 Å². The van der Waals surface area contributed by atoms with Crippen molar-refractivity contribution in [2.45, 2.75) is 58.7 Å². The SMILES string of the molecule is CN=C(NCc1nc(C)cs1)NC1CCc2cn(C(C)C)nc2C1. The predicted molar refractivity (Wildman–Crippen MR) is 98.6 cm³/mol. The molecule has 2 aromatic rings. The van der Waals surface area contributed by atoms with E-state index in [0.29, 0.717) is 18.6 Å². The largest absolute Gasteiger partial charge is 0.353 e. The van der Waals surface area contributed by atoms with Crippen molar-refractivity contribution >= 4 is 17.3 Å². The second-order valence-corrected chi connectivity index (χ2v) is 7.51. The van der Waals surface area contributed by atoms with Crippen LogP contribution >= 0.6 is 11.3 Å². The minimum absolute atomic E-state index is 0.372. The summed E-state index contributed by atoms with van der Waals surface area (Å²) in [6.45, 7) is 7.06. The molecule has 0 aromatic carbocycles. The Morgan fingerprint density at radius 1 is 1.50 bits per heavy atom. The predicted octanol–water partition coefficient (Wildman–Crippen LogP) is 2.45. The van der Waals surface area contributed by atoms with Crippen molar-refractivity contribution in [3.05, 3.63) is 33.5 Å². The van der Waals surface area contributed by atoms with Crippen LogP contribution in [-0.2, 0) is 19.4 Å². The second kappa shape index (κ2) is 7.34. The average Bonchev–Trinajstić information content (AvgIpc) is 3.17. The molecular formula is C17H26N6S. The molecule has 2 aromatic heterocycles. The lowest BCUT2D eigenvalue weighted by atomic mass is 9.94. The number of thiazole rings is 1. The van der Waals surface area contributed by atoms with Gasteiger partial charge in [-0.2, -0.15) is 5.10 Å². The summed E-state index contributed by atoms with van der Waals surface area (Å²) in [5.41, 5.74) is 3.68. The number of fused-ring (bicyclic) bond motifs is 1. The van der Waals surface area contributed by atoms with E-state index in [0.717, 1.165) is 35.9 Å². The Labute approximate surface area is 147 Å². The molecule has 1 unspecified atom stereocenters. The van der Waals surface area contributed by atoms with Crippen molar-refractivity contribution in [3.63, 3.8) is 0 Å². The minimum atomic E-state index is 0.372. The smallest absolute Gasteiger partial charge is 0.191 e. The number of guanidine groups is 1. The molecule has 3 rings (SSSR count). The van der Waals surface area contributed by atoms with Gasteiger partial charge in [-0.25, -0.2) is 4.98 Å². The highest BCUT2D eigenvalue weighted by atomic mass is 32.1. The van der Waals surface area contributed by atoms with Gasteiger partial charge in [0.15, 0.2) is 5.96 Å². The summed E-state index contributed by atoms with van der Waals surface area (Å²) in [4.78, 5) is 8.81. The van der Waals surface area contributed by atoms with Gasteiger partial charge >= 0.3 is 0 Å². The maximum Gasteiger partial charge on any atom is 0.191 e. The van der Waals surface area contributed by atoms with Crippen LogP contribution < -0.4 is 10.6 Å². The number of rotatable bonds is 4. The average molecular weight is 347 g/mol. The van der Waals surface area contributed by atoms with Crippen LogP contribution in [0.25, 0.3) is 0 Å². The fourth-order valence-corrected chi connectivity index (χ4v) is 3.64. The van der Waals surface area contributed by atoms with Gasteiger partial charge in [-0.05, 0) is 39.2 Å². The van der Waals surface area contributed by atoms with Crippen molar-refractivity contribution in [1.82, 2.24) is 25.4 Å². The highest BCUT2D eigenvalue weighted by molar-refractivity contribution is 7.09. The molecule has 0 aliphatic heterocycles. The molecule has 0 saturated heterocycles. The van der Waals surface area contributed by atoms with Gasteiger partial charge in [0.1, 0.15) is 5.01 Å². The third kappa shape index (κ3) is 3.95. The molecule has 2 heterocycles. The van der Waals surface area contributed by atoms with Crippen LogP contribution in [0.3, 0.4) is 0 Å². The van der Waals surface area contributed by atoms with Crippen LogP contribution in [-0.4, -0.2) is 33.8 Å². The van der Waals surface area contributed by atoms with Crippen molar-refractivity contribution in [1.29, 1.82) is 0 Å². The molecular weight excluding hydrogens is 320 g/mol. The maximum atomic E-state index is 4.74. The number of nitrogens with one attached hydrogen (secondary N) is 2. The molecule has 1 aliphatic carbocycles. The van der Waals surface area contributed by atoms with Crippen molar-refractivity contribution < 1.29 is 0 Å². The second-order valence-electron chi connectivity index (χ2n) is 6.57. The number of hydrogen-bond donors (Lipinski definition) is 2. The first-order chi connectivity index (χ1) is 11.5. The Hall–Kier alpha value is -1.89. The van der Waals surface area contributed by atoms with E-state index >= 15 is 0 Å². The van der Waals surface area contributed by atoms with Gasteiger partial charge in [-0.3, -0.25) is 9.67 Å². The van der Waals surface area contributed by atoms with Crippen LogP contribution in [0.1, 0.15) is 48.3 Å². The van der Waals surface area contributed by atoms with Gasteiger partial charge in [0, 0.05) is 42.8 Å². The topological polar surface area (TPSA) is 67.1 Å². The molecule has 0 amide bonds. The fourth-order valence-electron chi connectivity index (χ4n) is 2.93. The zero-order valence-corrected chi connectivity index (χ0v) is 15.7. The minimum Gasteiger partial charge on any atom is -0.353 e. The highest BCUT2D eigenvalue weighted by Crippen LogP contribution is 2.21. The van der Waals surface area contributed by atoms with E-state index in [1.54, 1.807) is 11.3 Å². The molecule has 0 fully saturated rings. The Balaban J connectivity index is 1.56. The molecule has 1 atom stereocenters. The van der Waals surface area contributed by atoms with Crippen LogP contribution in [0.2, 0.25) is 0 Å². The van der Waals surface area contributed by atoms with Crippen LogP contribution in [0.5, 0.6) is 0 Å². The van der Waals surface area contributed by atoms with Gasteiger partial charge in [0.25, 0.3) is 0 Å². The van der Waals surface area contributed by atoms with E-state index in [-0.39, 0.29) is 0 Å². The molecule has 2 N–H and O–H groups in total. The first-order valence-electron chi connectivity index (χ1n) is 8.50. The third-order valence-corrected chi connectivity index (χ3v) is 5.23. The number of aromatic nitrogens is 3. The summed E-state index contributed by atoms with van der Waals surface area (Å²) in [6, 6.07) is 0.787. The summed E-state index contributed by atoms with van der Waals surface area (Å²) in [7, 11) is 1.81. The van der Waals surface area contributed by atoms with E-state index in [1.165, 1.54) is 11.3 Å². The molecule has 0 bridgehead atoms. The summed E-state index contributed by atoms with van der Waals surface area (Å²) in [5.74, 6) is 0.833. The van der Waals surface area contributed by atoms with E-state index < -0.39 is 0 Å². The molecule has 6 nitrogen and oxygen atoms in total. The van der Waals surface area contributed by atoms with E-state index in [2.05, 4.69) is 50.7 Å². The summed E-state index contributed by atoms with van der Waals surface area (Å²) in [5, 5.41) is 14.8. The lowest BCUT2D eigenvalue weighted by Crippen LogP contribution is -2.45. The highest BCUT2D eigenvalue weighted by Gasteiger charge is 2.23. The monoisotopic (exact) mass is 346 g/mol. The number of aryl methyl sites for hydroxylation is 2. The van der Waals surface area contributed by atoms with Crippen molar-refractivity contribution in [2.75, 3.05) is 7.05 Å². The summed E-state index contributed by atoms with van der Waals surface area (Å²) in [6.07, 6.45) is 5.33. The van der Waals surface area contributed by atoms with Gasteiger partial charge in [-0.15, -0.1) is 11.3 Å². The Morgan fingerprint density at radius 2 is 2.33 bits per heavy atom. The van der Waals surface area contributed by atoms with Crippen molar-refractivity contribution in [3.8, 4) is 0 Å². The van der Waals surface area contributed by atoms with Crippen molar-refractivity contribution in [2.24, 2.45) is 4.99 Å². The maximum absolute atomic E-state index is 4.74. The molecule has 0 spiro atoms. The van der Waals surface area contributed by atoms with Gasteiger partial charge in [0.2, 0.25) is 0 Å². The first-order valence-corrected chi connectivity index (χ1v) is 9.38. The molecule has 130 valence electrons. The lowest BCUT2D eigenvalue weighted by Gasteiger charge is -2.24. The van der Waals surface area contributed by atoms with Crippen LogP contribution in [0.15, 0.2) is 16.6 Å². The third-order valence-electron chi connectivity index (χ3n) is 4.26. The van der Waals surface area contributed by atoms with Crippen LogP contribution in [0.4, 0.5) is 0 Å². The quantitative estimate of drug-likeness (QED) is 0.659. The van der Waals surface area contributed by atoms with Gasteiger partial charge in [0.05, 0.1) is 12.2 Å². The normalized spacial score (nSPS) is 17.9. The Morgan fingerprint density at radius 3 is 3.00 bits per heavy atom. The molecule has 0 saturated carbocycles. The van der Waals surface area contributed by atoms with Gasteiger partial charge < -0.3 is 10.6 Å². The van der Waals surface area contributed by atoms with E-state index in [9.17, 15) is 0 Å². The molecule has 1 aliphatic rings. The van der Waals surface area contributed by atoms with Crippen LogP contribution in [0, 0.1) is 6.92 Å². The number of aliphatic imine (C=N–C) groups is 1. The number of nitrogens with zero attached hydrogens (tertiary/aromatic N) is 4. The van der Waals surface area contributed by atoms with E-state index in [4.69, 9.17) is 5.10 Å². The molecule has 24 heavy (non-hydrogen) atoms. The fraction of sp³-hybridized carbons (Fsp3) is 0.588. The number of hydrogen-bond acceptors (Lipinski definition) is 4. The standard InChI is InChI=1S/C17H26N6S/c1-11(2)23-9-13-5-6-14(7-15(13)22-23)21-17(18-4)19-8-16-20-12(3)10-24-16/h9-11,14H,5-8H2,1-4H3,(H2,18,19,21). The summed E-state index contributed by atoms with van der Waals surface area (Å²) >= 11 is 1.68. The zero-order chi connectivity index (χ0) is 17.1. The molecule has 0 radical (unpaired) electrons. The first kappa shape index (κ1) is 17.0. The zero-order valence-electron chi connectivity index (χ0n) is 14.8. The summed E-state index contributed by atoms with van der Waals surface area (Å²) < 4.78 is 2.07. The van der Waals surface area contributed by atoms with Gasteiger partial charge in [-0.1, -0.05) is 0 Å². The Bertz CT molecular complexity index is 714. The lowest BCUT2D eigenvalue weighted by molar-refractivity contribution is 0.499. The Kier molecular flexibility index (Phi) is 5.18.